The second-order valence-electron chi connectivity index (χ2n) is 7.83. The lowest BCUT2D eigenvalue weighted by molar-refractivity contribution is -0.0636. The number of anilines is 1. The Labute approximate surface area is 157 Å². The van der Waals surface area contributed by atoms with Gasteiger partial charge in [-0.2, -0.15) is 8.78 Å². The summed E-state index contributed by atoms with van der Waals surface area (Å²) in [6.07, 6.45) is 7.35. The van der Waals surface area contributed by atoms with E-state index in [9.17, 15) is 18.3 Å². The van der Waals surface area contributed by atoms with Crippen molar-refractivity contribution < 1.29 is 27.8 Å². The molecule has 0 radical (unpaired) electrons. The lowest BCUT2D eigenvalue weighted by Gasteiger charge is -2.40. The fourth-order valence-corrected chi connectivity index (χ4v) is 3.71. The zero-order chi connectivity index (χ0) is 19.6. The van der Waals surface area contributed by atoms with Gasteiger partial charge >= 0.3 is 6.61 Å². The second-order valence-corrected chi connectivity index (χ2v) is 7.83. The molecule has 1 aromatic carbocycles. The Balaban J connectivity index is 1.68. The van der Waals surface area contributed by atoms with Crippen LogP contribution in [0, 0.1) is 5.82 Å². The first-order valence-corrected chi connectivity index (χ1v) is 9.28. The number of aliphatic hydroxyl groups is 1. The van der Waals surface area contributed by atoms with Crippen molar-refractivity contribution in [3.8, 4) is 5.75 Å². The molecule has 0 spiro atoms. The van der Waals surface area contributed by atoms with Gasteiger partial charge in [-0.25, -0.2) is 4.39 Å². The molecule has 0 saturated heterocycles. The van der Waals surface area contributed by atoms with E-state index in [4.69, 9.17) is 4.74 Å². The molecule has 1 aliphatic heterocycles. The van der Waals surface area contributed by atoms with Crippen LogP contribution in [0.25, 0.3) is 6.08 Å². The molecule has 1 saturated carbocycles. The van der Waals surface area contributed by atoms with Gasteiger partial charge in [0.05, 0.1) is 18.3 Å². The van der Waals surface area contributed by atoms with Crippen LogP contribution in [0.1, 0.15) is 45.1 Å². The number of rotatable bonds is 6. The van der Waals surface area contributed by atoms with E-state index in [0.29, 0.717) is 18.7 Å². The maximum Gasteiger partial charge on any atom is 0.387 e. The monoisotopic (exact) mass is 385 g/mol. The highest BCUT2D eigenvalue weighted by Gasteiger charge is 2.30. The van der Waals surface area contributed by atoms with Gasteiger partial charge in [0.25, 0.3) is 0 Å². The number of benzene rings is 1. The first-order valence-electron chi connectivity index (χ1n) is 9.28. The molecule has 1 N–H and O–H groups in total. The van der Waals surface area contributed by atoms with E-state index in [1.54, 1.807) is 19.9 Å². The highest BCUT2D eigenvalue weighted by Crippen LogP contribution is 2.37. The molecule has 2 aliphatic rings. The Kier molecular flexibility index (Phi) is 6.01. The highest BCUT2D eigenvalue weighted by molar-refractivity contribution is 5.73. The predicted molar refractivity (Wildman–Crippen MR) is 97.7 cm³/mol. The Hall–Kier alpha value is -1.73. The topological polar surface area (TPSA) is 41.9 Å². The van der Waals surface area contributed by atoms with E-state index < -0.39 is 23.8 Å². The predicted octanol–water partition coefficient (Wildman–Crippen LogP) is 4.36. The summed E-state index contributed by atoms with van der Waals surface area (Å²) in [5, 5.41) is 9.79. The highest BCUT2D eigenvalue weighted by atomic mass is 19.3. The molecule has 27 heavy (non-hydrogen) atoms. The molecule has 1 fully saturated rings. The zero-order valence-electron chi connectivity index (χ0n) is 15.6. The average molecular weight is 385 g/mol. The Bertz CT molecular complexity index is 680. The third-order valence-electron chi connectivity index (χ3n) is 4.96. The standard InChI is InChI=1S/C20H26F3NO3/c1-20(2,25)12-26-15-7-5-14(6-8-15)24-9-3-4-13-10-16(21)18(11-17(13)24)27-19(22)23/h3-4,10-11,14-15,19,25H,5-9,12H2,1-2H3. The van der Waals surface area contributed by atoms with E-state index >= 15 is 0 Å². The minimum atomic E-state index is -3.06. The van der Waals surface area contributed by atoms with E-state index in [-0.39, 0.29) is 12.1 Å². The average Bonchev–Trinajstić information content (AvgIpc) is 2.60. The van der Waals surface area contributed by atoms with Gasteiger partial charge in [0, 0.05) is 29.9 Å². The van der Waals surface area contributed by atoms with Gasteiger partial charge < -0.3 is 19.5 Å². The molecule has 0 amide bonds. The SMILES string of the molecule is CC(C)(O)COC1CCC(N2CC=Cc3cc(F)c(OC(F)F)cc32)CC1. The van der Waals surface area contributed by atoms with Crippen LogP contribution in [0.3, 0.4) is 0 Å². The van der Waals surface area contributed by atoms with Crippen molar-refractivity contribution >= 4 is 11.8 Å². The van der Waals surface area contributed by atoms with Gasteiger partial charge in [-0.1, -0.05) is 12.2 Å². The molecule has 0 atom stereocenters. The molecule has 0 aromatic heterocycles. The largest absolute Gasteiger partial charge is 0.432 e. The van der Waals surface area contributed by atoms with Crippen LogP contribution in [0.4, 0.5) is 18.9 Å². The maximum atomic E-state index is 14.0. The molecule has 1 aromatic rings. The molecule has 0 bridgehead atoms. The molecule has 3 rings (SSSR count). The van der Waals surface area contributed by atoms with Crippen molar-refractivity contribution in [1.82, 2.24) is 0 Å². The van der Waals surface area contributed by atoms with Crippen molar-refractivity contribution in [2.24, 2.45) is 0 Å². The summed E-state index contributed by atoms with van der Waals surface area (Å²) in [4.78, 5) is 2.12. The lowest BCUT2D eigenvalue weighted by atomic mass is 9.90. The number of fused-ring (bicyclic) bond motifs is 1. The summed E-state index contributed by atoms with van der Waals surface area (Å²) in [5.74, 6) is -1.21. The molecule has 1 heterocycles. The normalized spacial score (nSPS) is 22.9. The molecule has 7 heteroatoms. The van der Waals surface area contributed by atoms with Crippen LogP contribution in [-0.2, 0) is 4.74 Å². The van der Waals surface area contributed by atoms with Crippen molar-refractivity contribution in [2.45, 2.75) is 63.9 Å². The maximum absolute atomic E-state index is 14.0. The van der Waals surface area contributed by atoms with Crippen LogP contribution in [0.2, 0.25) is 0 Å². The second kappa shape index (κ2) is 8.10. The number of hydrogen-bond acceptors (Lipinski definition) is 4. The summed E-state index contributed by atoms with van der Waals surface area (Å²) in [6, 6.07) is 2.84. The smallest absolute Gasteiger partial charge is 0.387 e. The summed E-state index contributed by atoms with van der Waals surface area (Å²) in [7, 11) is 0. The minimum absolute atomic E-state index is 0.110. The van der Waals surface area contributed by atoms with Crippen LogP contribution >= 0.6 is 0 Å². The van der Waals surface area contributed by atoms with Gasteiger partial charge in [0.2, 0.25) is 0 Å². The summed E-state index contributed by atoms with van der Waals surface area (Å²) in [6.45, 7) is 1.31. The van der Waals surface area contributed by atoms with Crippen molar-refractivity contribution in [2.75, 3.05) is 18.1 Å². The van der Waals surface area contributed by atoms with E-state index in [1.807, 2.05) is 6.08 Å². The van der Waals surface area contributed by atoms with Gasteiger partial charge in [0.15, 0.2) is 11.6 Å². The Morgan fingerprint density at radius 3 is 2.56 bits per heavy atom. The van der Waals surface area contributed by atoms with Gasteiger partial charge in [-0.15, -0.1) is 0 Å². The van der Waals surface area contributed by atoms with E-state index in [0.717, 1.165) is 31.4 Å². The first kappa shape index (κ1) is 20.0. The van der Waals surface area contributed by atoms with Gasteiger partial charge in [-0.05, 0) is 45.6 Å². The fraction of sp³-hybridized carbons (Fsp3) is 0.600. The first-order chi connectivity index (χ1) is 12.7. The van der Waals surface area contributed by atoms with E-state index in [1.165, 1.54) is 12.1 Å². The van der Waals surface area contributed by atoms with E-state index in [2.05, 4.69) is 9.64 Å². The van der Waals surface area contributed by atoms with Crippen molar-refractivity contribution in [3.05, 3.63) is 29.6 Å². The van der Waals surface area contributed by atoms with Crippen LogP contribution < -0.4 is 9.64 Å². The molecular formula is C20H26F3NO3. The number of alkyl halides is 2. The molecule has 4 nitrogen and oxygen atoms in total. The quantitative estimate of drug-likeness (QED) is 0.790. The van der Waals surface area contributed by atoms with Crippen LogP contribution in [0.5, 0.6) is 5.75 Å². The number of ether oxygens (including phenoxy) is 2. The summed E-state index contributed by atoms with van der Waals surface area (Å²) < 4.78 is 49.2. The zero-order valence-corrected chi connectivity index (χ0v) is 15.6. The van der Waals surface area contributed by atoms with Crippen LogP contribution in [0.15, 0.2) is 18.2 Å². The minimum Gasteiger partial charge on any atom is -0.432 e. The number of halogens is 3. The third-order valence-corrected chi connectivity index (χ3v) is 4.96. The number of nitrogens with zero attached hydrogens (tertiary/aromatic N) is 1. The lowest BCUT2D eigenvalue weighted by Crippen LogP contribution is -2.41. The Morgan fingerprint density at radius 2 is 1.93 bits per heavy atom. The van der Waals surface area contributed by atoms with Gasteiger partial charge in [-0.3, -0.25) is 0 Å². The van der Waals surface area contributed by atoms with Gasteiger partial charge in [0.1, 0.15) is 0 Å². The molecule has 0 unspecified atom stereocenters. The fourth-order valence-electron chi connectivity index (χ4n) is 3.71. The van der Waals surface area contributed by atoms with Crippen molar-refractivity contribution in [3.63, 3.8) is 0 Å². The molecule has 1 aliphatic carbocycles. The summed E-state index contributed by atoms with van der Waals surface area (Å²) in [5.41, 5.74) is 0.537. The summed E-state index contributed by atoms with van der Waals surface area (Å²) >= 11 is 0. The molecular weight excluding hydrogens is 359 g/mol. The molecule has 150 valence electrons. The van der Waals surface area contributed by atoms with Crippen LogP contribution in [-0.4, -0.2) is 42.6 Å². The Morgan fingerprint density at radius 1 is 1.22 bits per heavy atom. The third kappa shape index (κ3) is 5.17. The van der Waals surface area contributed by atoms with Crippen molar-refractivity contribution in [1.29, 1.82) is 0 Å². The number of hydrogen-bond donors (Lipinski definition) is 1.